The second-order valence-electron chi connectivity index (χ2n) is 4.43. The van der Waals surface area contributed by atoms with E-state index in [4.69, 9.17) is 16.1 Å². The Bertz CT molecular complexity index is 591. The lowest BCUT2D eigenvalue weighted by atomic mass is 10.2. The minimum absolute atomic E-state index is 0.259. The van der Waals surface area contributed by atoms with Crippen LogP contribution < -0.4 is 10.6 Å². The molecule has 0 saturated carbocycles. The van der Waals surface area contributed by atoms with Crippen LogP contribution in [-0.4, -0.2) is 11.2 Å². The van der Waals surface area contributed by atoms with E-state index in [-0.39, 0.29) is 6.03 Å². The fourth-order valence-electron chi connectivity index (χ4n) is 1.80. The summed E-state index contributed by atoms with van der Waals surface area (Å²) in [5.41, 5.74) is 2.56. The third-order valence-corrected chi connectivity index (χ3v) is 3.37. The molecule has 1 aromatic carbocycles. The fourth-order valence-corrected chi connectivity index (χ4v) is 2.01. The van der Waals surface area contributed by atoms with Gasteiger partial charge in [0.15, 0.2) is 0 Å². The third kappa shape index (κ3) is 3.51. The quantitative estimate of drug-likeness (QED) is 0.911. The molecule has 0 fully saturated rings. The topological polar surface area (TPSA) is 67.2 Å². The highest BCUT2D eigenvalue weighted by molar-refractivity contribution is 6.31. The van der Waals surface area contributed by atoms with Gasteiger partial charge in [-0.05, 0) is 25.5 Å². The van der Waals surface area contributed by atoms with Crippen molar-refractivity contribution in [3.63, 3.8) is 0 Å². The van der Waals surface area contributed by atoms with Gasteiger partial charge >= 0.3 is 6.03 Å². The molecule has 2 rings (SSSR count). The van der Waals surface area contributed by atoms with E-state index in [0.29, 0.717) is 23.9 Å². The normalized spacial score (nSPS) is 10.3. The van der Waals surface area contributed by atoms with Gasteiger partial charge in [0.05, 0.1) is 5.69 Å². The molecule has 2 N–H and O–H groups in total. The number of hydrogen-bond donors (Lipinski definition) is 2. The van der Waals surface area contributed by atoms with Crippen LogP contribution in [-0.2, 0) is 13.1 Å². The van der Waals surface area contributed by atoms with Crippen molar-refractivity contribution in [3.05, 3.63) is 51.9 Å². The molecule has 6 heteroatoms. The monoisotopic (exact) mass is 293 g/mol. The SMILES string of the molecule is Cc1noc(C)c1CNC(=O)NCc1ccccc1Cl. The minimum Gasteiger partial charge on any atom is -0.361 e. The van der Waals surface area contributed by atoms with Crippen molar-refractivity contribution < 1.29 is 9.32 Å². The van der Waals surface area contributed by atoms with E-state index in [0.717, 1.165) is 16.8 Å². The summed E-state index contributed by atoms with van der Waals surface area (Å²) >= 11 is 6.02. The Kier molecular flexibility index (Phi) is 4.63. The lowest BCUT2D eigenvalue weighted by molar-refractivity contribution is 0.240. The molecule has 106 valence electrons. The first-order valence-corrected chi connectivity index (χ1v) is 6.62. The Morgan fingerprint density at radius 2 is 1.95 bits per heavy atom. The number of urea groups is 1. The predicted octanol–water partition coefficient (Wildman–Crippen LogP) is 2.94. The zero-order valence-electron chi connectivity index (χ0n) is 11.4. The average molecular weight is 294 g/mol. The van der Waals surface area contributed by atoms with E-state index in [1.165, 1.54) is 0 Å². The maximum absolute atomic E-state index is 11.7. The second kappa shape index (κ2) is 6.43. The fraction of sp³-hybridized carbons (Fsp3) is 0.286. The van der Waals surface area contributed by atoms with Crippen molar-refractivity contribution in [2.24, 2.45) is 0 Å². The summed E-state index contributed by atoms with van der Waals surface area (Å²) in [6, 6.07) is 7.13. The summed E-state index contributed by atoms with van der Waals surface area (Å²) in [5, 5.41) is 9.99. The zero-order chi connectivity index (χ0) is 14.5. The highest BCUT2D eigenvalue weighted by atomic mass is 35.5. The Morgan fingerprint density at radius 1 is 1.25 bits per heavy atom. The number of aryl methyl sites for hydroxylation is 2. The first-order chi connectivity index (χ1) is 9.58. The first kappa shape index (κ1) is 14.4. The summed E-state index contributed by atoms with van der Waals surface area (Å²) in [5.74, 6) is 0.717. The third-order valence-electron chi connectivity index (χ3n) is 3.00. The number of nitrogens with zero attached hydrogens (tertiary/aromatic N) is 1. The number of nitrogens with one attached hydrogen (secondary N) is 2. The van der Waals surface area contributed by atoms with Crippen molar-refractivity contribution in [3.8, 4) is 0 Å². The van der Waals surface area contributed by atoms with Gasteiger partial charge in [-0.1, -0.05) is 35.0 Å². The molecule has 0 aliphatic carbocycles. The number of benzene rings is 1. The molecule has 0 atom stereocenters. The molecule has 2 aromatic rings. The Morgan fingerprint density at radius 3 is 2.60 bits per heavy atom. The van der Waals surface area contributed by atoms with Crippen LogP contribution in [0.4, 0.5) is 4.79 Å². The van der Waals surface area contributed by atoms with Crippen LogP contribution in [0.25, 0.3) is 0 Å². The molecule has 0 saturated heterocycles. The van der Waals surface area contributed by atoms with Crippen LogP contribution in [0.1, 0.15) is 22.6 Å². The smallest absolute Gasteiger partial charge is 0.315 e. The Hall–Kier alpha value is -2.01. The number of amides is 2. The summed E-state index contributed by atoms with van der Waals surface area (Å²) in [6.45, 7) is 4.43. The van der Waals surface area contributed by atoms with Crippen LogP contribution in [0, 0.1) is 13.8 Å². The van der Waals surface area contributed by atoms with Crippen LogP contribution in [0.15, 0.2) is 28.8 Å². The van der Waals surface area contributed by atoms with Crippen molar-refractivity contribution in [1.29, 1.82) is 0 Å². The molecule has 20 heavy (non-hydrogen) atoms. The molecule has 0 aliphatic heterocycles. The summed E-state index contributed by atoms with van der Waals surface area (Å²) in [4.78, 5) is 11.7. The van der Waals surface area contributed by atoms with Gasteiger partial charge in [0.2, 0.25) is 0 Å². The van der Waals surface area contributed by atoms with Gasteiger partial charge < -0.3 is 15.2 Å². The molecule has 5 nitrogen and oxygen atoms in total. The molecule has 0 aliphatic rings. The van der Waals surface area contributed by atoms with Gasteiger partial charge in [0.1, 0.15) is 5.76 Å². The highest BCUT2D eigenvalue weighted by Gasteiger charge is 2.10. The minimum atomic E-state index is -0.259. The van der Waals surface area contributed by atoms with E-state index >= 15 is 0 Å². The molecule has 0 unspecified atom stereocenters. The van der Waals surface area contributed by atoms with Crippen LogP contribution in [0.5, 0.6) is 0 Å². The number of carbonyl (C=O) groups is 1. The summed E-state index contributed by atoms with van der Waals surface area (Å²) in [6.07, 6.45) is 0. The largest absolute Gasteiger partial charge is 0.361 e. The van der Waals surface area contributed by atoms with E-state index in [1.54, 1.807) is 6.07 Å². The zero-order valence-corrected chi connectivity index (χ0v) is 12.1. The van der Waals surface area contributed by atoms with Gasteiger partial charge in [-0.25, -0.2) is 4.79 Å². The number of halogens is 1. The van der Waals surface area contributed by atoms with E-state index in [2.05, 4.69) is 15.8 Å². The number of carbonyl (C=O) groups excluding carboxylic acids is 1. The lowest BCUT2D eigenvalue weighted by Crippen LogP contribution is -2.34. The predicted molar refractivity (Wildman–Crippen MR) is 76.5 cm³/mol. The van der Waals surface area contributed by atoms with Crippen LogP contribution in [0.2, 0.25) is 5.02 Å². The van der Waals surface area contributed by atoms with Gasteiger partial charge in [0, 0.05) is 23.7 Å². The summed E-state index contributed by atoms with van der Waals surface area (Å²) in [7, 11) is 0. The molecule has 1 heterocycles. The van der Waals surface area contributed by atoms with Crippen LogP contribution in [0.3, 0.4) is 0 Å². The maximum Gasteiger partial charge on any atom is 0.315 e. The Balaban J connectivity index is 1.83. The molecule has 0 spiro atoms. The lowest BCUT2D eigenvalue weighted by Gasteiger charge is -2.08. The standard InChI is InChI=1S/C14H16ClN3O2/c1-9-12(10(2)20-18-9)8-17-14(19)16-7-11-5-3-4-6-13(11)15/h3-6H,7-8H2,1-2H3,(H2,16,17,19). The number of aromatic nitrogens is 1. The van der Waals surface area contributed by atoms with Crippen LogP contribution >= 0.6 is 11.6 Å². The number of rotatable bonds is 4. The molecule has 0 bridgehead atoms. The van der Waals surface area contributed by atoms with Gasteiger partial charge in [0.25, 0.3) is 0 Å². The molecular formula is C14H16ClN3O2. The van der Waals surface area contributed by atoms with Crippen molar-refractivity contribution in [1.82, 2.24) is 15.8 Å². The molecule has 0 radical (unpaired) electrons. The molecule has 2 amide bonds. The van der Waals surface area contributed by atoms with Crippen molar-refractivity contribution in [2.45, 2.75) is 26.9 Å². The Labute approximate surface area is 122 Å². The highest BCUT2D eigenvalue weighted by Crippen LogP contribution is 2.14. The average Bonchev–Trinajstić information content (AvgIpc) is 2.75. The summed E-state index contributed by atoms with van der Waals surface area (Å²) < 4.78 is 5.03. The van der Waals surface area contributed by atoms with Crippen molar-refractivity contribution >= 4 is 17.6 Å². The van der Waals surface area contributed by atoms with Crippen molar-refractivity contribution in [2.75, 3.05) is 0 Å². The number of hydrogen-bond acceptors (Lipinski definition) is 3. The van der Waals surface area contributed by atoms with E-state index < -0.39 is 0 Å². The first-order valence-electron chi connectivity index (χ1n) is 6.24. The van der Waals surface area contributed by atoms with Gasteiger partial charge in [-0.15, -0.1) is 0 Å². The molecule has 1 aromatic heterocycles. The second-order valence-corrected chi connectivity index (χ2v) is 4.84. The van der Waals surface area contributed by atoms with Gasteiger partial charge in [-0.3, -0.25) is 0 Å². The molecular weight excluding hydrogens is 278 g/mol. The van der Waals surface area contributed by atoms with E-state index in [1.807, 2.05) is 32.0 Å². The maximum atomic E-state index is 11.7. The van der Waals surface area contributed by atoms with Gasteiger partial charge in [-0.2, -0.15) is 0 Å². The van der Waals surface area contributed by atoms with E-state index in [9.17, 15) is 4.79 Å².